The van der Waals surface area contributed by atoms with E-state index >= 15 is 0 Å². The van der Waals surface area contributed by atoms with Crippen LogP contribution in [-0.2, 0) is 23.8 Å². The molecule has 1 aliphatic heterocycles. The molecule has 1 aliphatic carbocycles. The standard InChI is InChI=1S/C25H26Cl2O8/c1-7-8-15-9-14-10-17(29)25(4,23(34-13(3)28)16(14)11-33-15)35-24(30)18-12(2)19(26)22(32-6)20(27)21(18)31-5/h7-10,16,23H,11H2,1-6H3/b8-7+/t16-,23+,25+/m1/s1. The first-order valence-corrected chi connectivity index (χ1v) is 11.5. The molecule has 188 valence electrons. The van der Waals surface area contributed by atoms with Crippen LogP contribution in [0.1, 0.15) is 36.7 Å². The lowest BCUT2D eigenvalue weighted by Gasteiger charge is -2.43. The Labute approximate surface area is 213 Å². The Balaban J connectivity index is 2.10. The largest absolute Gasteiger partial charge is 0.494 e. The highest BCUT2D eigenvalue weighted by atomic mass is 35.5. The van der Waals surface area contributed by atoms with Crippen LogP contribution in [0.4, 0.5) is 0 Å². The van der Waals surface area contributed by atoms with E-state index in [1.165, 1.54) is 34.1 Å². The fraction of sp³-hybridized carbons (Fsp3) is 0.400. The van der Waals surface area contributed by atoms with Gasteiger partial charge in [-0.2, -0.15) is 0 Å². The van der Waals surface area contributed by atoms with Gasteiger partial charge in [0.1, 0.15) is 16.3 Å². The first-order chi connectivity index (χ1) is 16.5. The lowest BCUT2D eigenvalue weighted by Crippen LogP contribution is -2.58. The molecule has 0 saturated carbocycles. The molecule has 2 aliphatic rings. The third kappa shape index (κ3) is 4.77. The van der Waals surface area contributed by atoms with Gasteiger partial charge in [-0.05, 0) is 50.1 Å². The Morgan fingerprint density at radius 3 is 2.37 bits per heavy atom. The molecule has 3 rings (SSSR count). The summed E-state index contributed by atoms with van der Waals surface area (Å²) < 4.78 is 27.7. The molecule has 1 aromatic carbocycles. The normalized spacial score (nSPS) is 23.6. The van der Waals surface area contributed by atoms with Gasteiger partial charge >= 0.3 is 11.9 Å². The number of hydrogen-bond acceptors (Lipinski definition) is 8. The van der Waals surface area contributed by atoms with Crippen LogP contribution in [0.25, 0.3) is 0 Å². The quantitative estimate of drug-likeness (QED) is 0.490. The first kappa shape index (κ1) is 26.6. The van der Waals surface area contributed by atoms with E-state index in [1.807, 2.05) is 6.92 Å². The molecule has 35 heavy (non-hydrogen) atoms. The number of carbonyl (C=O) groups excluding carboxylic acids is 3. The number of ketones is 1. The Morgan fingerprint density at radius 2 is 1.80 bits per heavy atom. The van der Waals surface area contributed by atoms with Crippen LogP contribution < -0.4 is 9.47 Å². The lowest BCUT2D eigenvalue weighted by atomic mass is 9.74. The molecule has 0 radical (unpaired) electrons. The number of ether oxygens (including phenoxy) is 5. The molecule has 1 heterocycles. The minimum absolute atomic E-state index is 0.0255. The molecular weight excluding hydrogens is 499 g/mol. The number of hydrogen-bond donors (Lipinski definition) is 0. The van der Waals surface area contributed by atoms with Gasteiger partial charge in [-0.25, -0.2) is 4.79 Å². The molecule has 0 aromatic heterocycles. The topological polar surface area (TPSA) is 97.4 Å². The van der Waals surface area contributed by atoms with Crippen molar-refractivity contribution in [2.45, 2.75) is 39.4 Å². The third-order valence-electron chi connectivity index (χ3n) is 5.93. The van der Waals surface area contributed by atoms with Crippen molar-refractivity contribution < 1.29 is 38.1 Å². The van der Waals surface area contributed by atoms with Crippen molar-refractivity contribution in [3.05, 3.63) is 56.8 Å². The van der Waals surface area contributed by atoms with Gasteiger partial charge in [-0.3, -0.25) is 9.59 Å². The zero-order valence-electron chi connectivity index (χ0n) is 20.2. The minimum atomic E-state index is -1.86. The summed E-state index contributed by atoms with van der Waals surface area (Å²) in [5, 5.41) is 0.0603. The molecule has 1 aromatic rings. The highest BCUT2D eigenvalue weighted by Crippen LogP contribution is 2.46. The maximum atomic E-state index is 13.5. The SMILES string of the molecule is C/C=C/C1=CC2=CC(=O)[C@](C)(OC(=O)c3c(C)c(Cl)c(OC)c(Cl)c3OC)[C@@H](OC(C)=O)[C@@H]2CO1. The van der Waals surface area contributed by atoms with E-state index in [0.29, 0.717) is 11.3 Å². The monoisotopic (exact) mass is 524 g/mol. The van der Waals surface area contributed by atoms with Crippen LogP contribution in [0.15, 0.2) is 35.6 Å². The summed E-state index contributed by atoms with van der Waals surface area (Å²) >= 11 is 12.7. The van der Waals surface area contributed by atoms with Gasteiger partial charge in [-0.15, -0.1) is 0 Å². The highest BCUT2D eigenvalue weighted by molar-refractivity contribution is 6.39. The van der Waals surface area contributed by atoms with E-state index in [2.05, 4.69) is 0 Å². The van der Waals surface area contributed by atoms with Crippen molar-refractivity contribution in [2.24, 2.45) is 5.92 Å². The van der Waals surface area contributed by atoms with Crippen LogP contribution >= 0.6 is 23.2 Å². The zero-order valence-corrected chi connectivity index (χ0v) is 21.7. The third-order valence-corrected chi connectivity index (χ3v) is 6.73. The average Bonchev–Trinajstić information content (AvgIpc) is 2.79. The minimum Gasteiger partial charge on any atom is -0.494 e. The second kappa shape index (κ2) is 10.3. The molecule has 0 saturated heterocycles. The van der Waals surface area contributed by atoms with Crippen LogP contribution in [0.3, 0.4) is 0 Å². The van der Waals surface area contributed by atoms with Crippen molar-refractivity contribution >= 4 is 40.9 Å². The number of methoxy groups -OCH3 is 2. The summed E-state index contributed by atoms with van der Waals surface area (Å²) in [6, 6.07) is 0. The zero-order chi connectivity index (χ0) is 26.1. The summed E-state index contributed by atoms with van der Waals surface area (Å²) in [4.78, 5) is 38.8. The van der Waals surface area contributed by atoms with Gasteiger partial charge in [0.2, 0.25) is 11.4 Å². The van der Waals surface area contributed by atoms with Gasteiger partial charge in [0.05, 0.1) is 31.8 Å². The van der Waals surface area contributed by atoms with E-state index in [1.54, 1.807) is 25.2 Å². The van der Waals surface area contributed by atoms with Crippen LogP contribution in [0.2, 0.25) is 10.0 Å². The molecule has 3 atom stereocenters. The highest BCUT2D eigenvalue weighted by Gasteiger charge is 2.55. The molecule has 8 nitrogen and oxygen atoms in total. The molecule has 0 spiro atoms. The summed E-state index contributed by atoms with van der Waals surface area (Å²) in [5.41, 5.74) is -1.05. The number of esters is 2. The summed E-state index contributed by atoms with van der Waals surface area (Å²) in [5.74, 6) is -2.00. The maximum absolute atomic E-state index is 13.5. The van der Waals surface area contributed by atoms with Crippen molar-refractivity contribution in [1.82, 2.24) is 0 Å². The molecule has 0 unspecified atom stereocenters. The van der Waals surface area contributed by atoms with E-state index in [0.717, 1.165) is 0 Å². The van der Waals surface area contributed by atoms with E-state index < -0.39 is 35.3 Å². The summed E-state index contributed by atoms with van der Waals surface area (Å²) in [6.07, 6.45) is 5.48. The molecule has 10 heteroatoms. The van der Waals surface area contributed by atoms with Gasteiger partial charge < -0.3 is 23.7 Å². The molecule has 0 N–H and O–H groups in total. The second-order valence-electron chi connectivity index (χ2n) is 8.19. The predicted molar refractivity (Wildman–Crippen MR) is 129 cm³/mol. The Hall–Kier alpha value is -2.97. The van der Waals surface area contributed by atoms with Crippen LogP contribution in [0.5, 0.6) is 11.5 Å². The van der Waals surface area contributed by atoms with Gasteiger partial charge in [-0.1, -0.05) is 29.3 Å². The number of benzene rings is 1. The summed E-state index contributed by atoms with van der Waals surface area (Å²) in [7, 11) is 2.70. The first-order valence-electron chi connectivity index (χ1n) is 10.7. The van der Waals surface area contributed by atoms with Crippen LogP contribution in [-0.4, -0.2) is 50.3 Å². The number of rotatable bonds is 6. The Morgan fingerprint density at radius 1 is 1.14 bits per heavy atom. The smallest absolute Gasteiger partial charge is 0.343 e. The number of fused-ring (bicyclic) bond motifs is 1. The van der Waals surface area contributed by atoms with Crippen molar-refractivity contribution in [3.8, 4) is 11.5 Å². The molecule has 0 fully saturated rings. The van der Waals surface area contributed by atoms with Gasteiger partial charge in [0.15, 0.2) is 17.6 Å². The van der Waals surface area contributed by atoms with Crippen molar-refractivity contribution in [1.29, 1.82) is 0 Å². The van der Waals surface area contributed by atoms with Gasteiger partial charge in [0, 0.05) is 6.92 Å². The van der Waals surface area contributed by atoms with E-state index in [4.69, 9.17) is 46.9 Å². The molecule has 0 amide bonds. The van der Waals surface area contributed by atoms with E-state index in [-0.39, 0.29) is 39.3 Å². The fourth-order valence-corrected chi connectivity index (χ4v) is 4.84. The molecular formula is C25H26Cl2O8. The lowest BCUT2D eigenvalue weighted by molar-refractivity contribution is -0.175. The number of carbonyl (C=O) groups is 3. The Bertz CT molecular complexity index is 1170. The van der Waals surface area contributed by atoms with Crippen LogP contribution in [0, 0.1) is 12.8 Å². The Kier molecular flexibility index (Phi) is 7.87. The molecule has 0 bridgehead atoms. The van der Waals surface area contributed by atoms with Crippen molar-refractivity contribution in [2.75, 3.05) is 20.8 Å². The van der Waals surface area contributed by atoms with E-state index in [9.17, 15) is 14.4 Å². The van der Waals surface area contributed by atoms with Crippen molar-refractivity contribution in [3.63, 3.8) is 0 Å². The number of allylic oxidation sites excluding steroid dienone is 3. The fourth-order valence-electron chi connectivity index (χ4n) is 4.19. The number of halogens is 2. The predicted octanol–water partition coefficient (Wildman–Crippen LogP) is 4.78. The van der Waals surface area contributed by atoms with Gasteiger partial charge in [0.25, 0.3) is 0 Å². The summed E-state index contributed by atoms with van der Waals surface area (Å²) in [6.45, 7) is 6.13. The average molecular weight is 525 g/mol. The second-order valence-corrected chi connectivity index (χ2v) is 8.95. The maximum Gasteiger partial charge on any atom is 0.343 e.